The first kappa shape index (κ1) is 19.9. The number of hydrogen-bond donors (Lipinski definition) is 2. The van der Waals surface area contributed by atoms with Crippen molar-refractivity contribution < 1.29 is 9.90 Å². The second-order valence-corrected chi connectivity index (χ2v) is 8.77. The first-order chi connectivity index (χ1) is 15.2. The first-order valence-corrected chi connectivity index (χ1v) is 11.2. The predicted octanol–water partition coefficient (Wildman–Crippen LogP) is 3.77. The topological polar surface area (TPSA) is 80.0 Å². The molecule has 2 aromatic heterocycles. The number of amides is 1. The van der Waals surface area contributed by atoms with Gasteiger partial charge in [0.2, 0.25) is 0 Å². The number of carbonyl (C=O) groups is 1. The van der Waals surface area contributed by atoms with Crippen LogP contribution >= 0.6 is 0 Å². The summed E-state index contributed by atoms with van der Waals surface area (Å²) in [5, 5.41) is 17.5. The minimum absolute atomic E-state index is 0.176. The molecule has 0 unspecified atom stereocenters. The lowest BCUT2D eigenvalue weighted by atomic mass is 9.92. The fraction of sp³-hybridized carbons (Fsp3) is 0.400. The molecule has 5 rings (SSSR count). The SMILES string of the molecule is O=C(N[C@H]1CCCC[C@@H]1O)c1cc(Cc2ccc(-n3cccn3)cc2)c(C2CC2)cn1. The van der Waals surface area contributed by atoms with Crippen LogP contribution in [0.4, 0.5) is 0 Å². The van der Waals surface area contributed by atoms with Crippen molar-refractivity contribution in [2.24, 2.45) is 0 Å². The Balaban J connectivity index is 1.35. The Morgan fingerprint density at radius 3 is 2.65 bits per heavy atom. The predicted molar refractivity (Wildman–Crippen MR) is 118 cm³/mol. The normalized spacial score (nSPS) is 21.1. The van der Waals surface area contributed by atoms with Crippen molar-refractivity contribution in [2.75, 3.05) is 0 Å². The summed E-state index contributed by atoms with van der Waals surface area (Å²) in [6.45, 7) is 0. The average Bonchev–Trinajstić information content (AvgIpc) is 3.49. The molecule has 1 amide bonds. The highest BCUT2D eigenvalue weighted by Gasteiger charge is 2.28. The Morgan fingerprint density at radius 2 is 1.94 bits per heavy atom. The minimum Gasteiger partial charge on any atom is -0.391 e. The number of aliphatic hydroxyl groups excluding tert-OH is 1. The van der Waals surface area contributed by atoms with Crippen LogP contribution in [0.25, 0.3) is 5.69 Å². The van der Waals surface area contributed by atoms with E-state index in [1.165, 1.54) is 29.5 Å². The maximum absolute atomic E-state index is 12.8. The summed E-state index contributed by atoms with van der Waals surface area (Å²) < 4.78 is 1.84. The highest BCUT2D eigenvalue weighted by Crippen LogP contribution is 2.42. The number of benzene rings is 1. The summed E-state index contributed by atoms with van der Waals surface area (Å²) in [4.78, 5) is 17.3. The molecule has 0 saturated heterocycles. The minimum atomic E-state index is -0.462. The van der Waals surface area contributed by atoms with Crippen molar-refractivity contribution in [3.63, 3.8) is 0 Å². The van der Waals surface area contributed by atoms with Gasteiger partial charge in [-0.05, 0) is 79.0 Å². The largest absolute Gasteiger partial charge is 0.391 e. The molecule has 6 heteroatoms. The highest BCUT2D eigenvalue weighted by molar-refractivity contribution is 5.92. The number of carbonyl (C=O) groups excluding carboxylic acids is 1. The van der Waals surface area contributed by atoms with E-state index < -0.39 is 6.10 Å². The van der Waals surface area contributed by atoms with Crippen molar-refractivity contribution >= 4 is 5.91 Å². The first-order valence-electron chi connectivity index (χ1n) is 11.2. The lowest BCUT2D eigenvalue weighted by Crippen LogP contribution is -2.45. The standard InChI is InChI=1S/C25H28N4O2/c30-24-5-2-1-4-22(24)28-25(31)23-15-19(21(16-26-23)18-8-9-18)14-17-6-10-20(11-7-17)29-13-3-12-27-29/h3,6-7,10-13,15-16,18,22,24,30H,1-2,4-5,8-9,14H2,(H,28,31)/t22-,24-/m0/s1. The molecule has 2 aliphatic rings. The number of nitrogens with zero attached hydrogens (tertiary/aromatic N) is 3. The molecular formula is C25H28N4O2. The molecule has 3 aromatic rings. The van der Waals surface area contributed by atoms with Crippen molar-refractivity contribution in [3.8, 4) is 5.69 Å². The van der Waals surface area contributed by atoms with Crippen molar-refractivity contribution in [2.45, 2.75) is 63.0 Å². The van der Waals surface area contributed by atoms with Crippen molar-refractivity contribution in [1.82, 2.24) is 20.1 Å². The molecule has 0 aliphatic heterocycles. The Bertz CT molecular complexity index is 1040. The number of hydrogen-bond acceptors (Lipinski definition) is 4. The summed E-state index contributed by atoms with van der Waals surface area (Å²) in [5.41, 5.74) is 5.07. The number of nitrogens with one attached hydrogen (secondary N) is 1. The van der Waals surface area contributed by atoms with Crippen LogP contribution < -0.4 is 5.32 Å². The average molecular weight is 417 g/mol. The van der Waals surface area contributed by atoms with E-state index in [0.29, 0.717) is 11.6 Å². The Kier molecular flexibility index (Phi) is 5.55. The molecule has 2 N–H and O–H groups in total. The third-order valence-corrected chi connectivity index (χ3v) is 6.42. The number of pyridine rings is 1. The summed E-state index contributed by atoms with van der Waals surface area (Å²) in [5.74, 6) is 0.367. The molecule has 0 radical (unpaired) electrons. The zero-order chi connectivity index (χ0) is 21.2. The molecule has 1 aromatic carbocycles. The van der Waals surface area contributed by atoms with Crippen LogP contribution in [0.15, 0.2) is 55.0 Å². The monoisotopic (exact) mass is 416 g/mol. The van der Waals surface area contributed by atoms with Gasteiger partial charge in [0, 0.05) is 18.6 Å². The Labute approximate surface area is 182 Å². The summed E-state index contributed by atoms with van der Waals surface area (Å²) >= 11 is 0. The maximum atomic E-state index is 12.8. The molecule has 160 valence electrons. The molecule has 31 heavy (non-hydrogen) atoms. The van der Waals surface area contributed by atoms with E-state index in [9.17, 15) is 9.90 Å². The summed E-state index contributed by atoms with van der Waals surface area (Å²) in [7, 11) is 0. The highest BCUT2D eigenvalue weighted by atomic mass is 16.3. The molecule has 6 nitrogen and oxygen atoms in total. The van der Waals surface area contributed by atoms with Gasteiger partial charge in [-0.1, -0.05) is 25.0 Å². The van der Waals surface area contributed by atoms with Gasteiger partial charge in [0.15, 0.2) is 0 Å². The van der Waals surface area contributed by atoms with Gasteiger partial charge < -0.3 is 10.4 Å². The van der Waals surface area contributed by atoms with Gasteiger partial charge in [0.05, 0.1) is 17.8 Å². The molecule has 2 heterocycles. The molecule has 0 spiro atoms. The van der Waals surface area contributed by atoms with E-state index in [1.54, 1.807) is 6.20 Å². The van der Waals surface area contributed by atoms with Crippen LogP contribution in [0.1, 0.15) is 71.6 Å². The number of aliphatic hydroxyl groups is 1. The molecule has 2 saturated carbocycles. The van der Waals surface area contributed by atoms with E-state index in [-0.39, 0.29) is 11.9 Å². The zero-order valence-corrected chi connectivity index (χ0v) is 17.6. The van der Waals surface area contributed by atoms with Crippen molar-refractivity contribution in [1.29, 1.82) is 0 Å². The van der Waals surface area contributed by atoms with Crippen LogP contribution in [-0.2, 0) is 6.42 Å². The van der Waals surface area contributed by atoms with E-state index in [1.807, 2.05) is 29.2 Å². The van der Waals surface area contributed by atoms with Crippen LogP contribution in [0.3, 0.4) is 0 Å². The van der Waals surface area contributed by atoms with E-state index >= 15 is 0 Å². The van der Waals surface area contributed by atoms with Gasteiger partial charge in [-0.25, -0.2) is 4.68 Å². The third kappa shape index (κ3) is 4.54. The van der Waals surface area contributed by atoms with E-state index in [4.69, 9.17) is 0 Å². The lowest BCUT2D eigenvalue weighted by molar-refractivity contribution is 0.0713. The van der Waals surface area contributed by atoms with Gasteiger partial charge in [-0.2, -0.15) is 5.10 Å². The van der Waals surface area contributed by atoms with E-state index in [0.717, 1.165) is 37.8 Å². The number of rotatable bonds is 6. The van der Waals surface area contributed by atoms with Crippen LogP contribution in [0.2, 0.25) is 0 Å². The smallest absolute Gasteiger partial charge is 0.270 e. The van der Waals surface area contributed by atoms with Crippen molar-refractivity contribution in [3.05, 3.63) is 77.4 Å². The fourth-order valence-corrected chi connectivity index (χ4v) is 4.48. The zero-order valence-electron chi connectivity index (χ0n) is 17.6. The Hall–Kier alpha value is -2.99. The van der Waals surface area contributed by atoms with Gasteiger partial charge in [-0.15, -0.1) is 0 Å². The third-order valence-electron chi connectivity index (χ3n) is 6.42. The molecule has 0 bridgehead atoms. The summed E-state index contributed by atoms with van der Waals surface area (Å²) in [6.07, 6.45) is 11.9. The molecule has 2 aliphatic carbocycles. The molecular weight excluding hydrogens is 388 g/mol. The van der Waals surface area contributed by atoms with Gasteiger partial charge in [-0.3, -0.25) is 9.78 Å². The second kappa shape index (κ2) is 8.63. The molecule has 2 fully saturated rings. The Morgan fingerprint density at radius 1 is 1.13 bits per heavy atom. The lowest BCUT2D eigenvalue weighted by Gasteiger charge is -2.28. The van der Waals surface area contributed by atoms with Crippen LogP contribution in [-0.4, -0.2) is 37.9 Å². The van der Waals surface area contributed by atoms with Gasteiger partial charge >= 0.3 is 0 Å². The van der Waals surface area contributed by atoms with Gasteiger partial charge in [0.1, 0.15) is 5.69 Å². The second-order valence-electron chi connectivity index (χ2n) is 8.77. The van der Waals surface area contributed by atoms with E-state index in [2.05, 4.69) is 39.7 Å². The number of aromatic nitrogens is 3. The van der Waals surface area contributed by atoms with Gasteiger partial charge in [0.25, 0.3) is 5.91 Å². The van der Waals surface area contributed by atoms with Crippen LogP contribution in [0, 0.1) is 0 Å². The fourth-order valence-electron chi connectivity index (χ4n) is 4.48. The maximum Gasteiger partial charge on any atom is 0.270 e. The van der Waals surface area contributed by atoms with Crippen LogP contribution in [0.5, 0.6) is 0 Å². The quantitative estimate of drug-likeness (QED) is 0.641. The summed E-state index contributed by atoms with van der Waals surface area (Å²) in [6, 6.07) is 12.0. The molecule has 2 atom stereocenters.